The normalized spacial score (nSPS) is 16.7. The Morgan fingerprint density at radius 3 is 2.46 bits per heavy atom. The van der Waals surface area contributed by atoms with Gasteiger partial charge in [0.1, 0.15) is 5.75 Å². The number of aryl methyl sites for hydroxylation is 1. The number of methoxy groups -OCH3 is 1. The van der Waals surface area contributed by atoms with E-state index < -0.39 is 0 Å². The first-order valence-electron chi connectivity index (χ1n) is 16.0. The molecule has 5 aromatic rings. The van der Waals surface area contributed by atoms with Crippen LogP contribution < -0.4 is 15.0 Å². The number of anilines is 3. The van der Waals surface area contributed by atoms with Gasteiger partial charge in [0.05, 0.1) is 28.5 Å². The van der Waals surface area contributed by atoms with E-state index in [0.29, 0.717) is 12.0 Å². The van der Waals surface area contributed by atoms with Crippen molar-refractivity contribution in [3.8, 4) is 17.0 Å². The van der Waals surface area contributed by atoms with Crippen molar-refractivity contribution in [3.05, 3.63) is 89.2 Å². The molecule has 238 valence electrons. The summed E-state index contributed by atoms with van der Waals surface area (Å²) in [6, 6.07) is 24.1. The minimum Gasteiger partial charge on any atom is -0.494 e. The minimum atomic E-state index is 0.514. The maximum atomic E-state index is 5.87. The molecule has 4 heterocycles. The third kappa shape index (κ3) is 6.62. The Morgan fingerprint density at radius 1 is 0.935 bits per heavy atom. The summed E-state index contributed by atoms with van der Waals surface area (Å²) in [6.07, 6.45) is 6.37. The molecule has 2 aromatic heterocycles. The summed E-state index contributed by atoms with van der Waals surface area (Å²) in [5.41, 5.74) is 6.28. The van der Waals surface area contributed by atoms with Crippen LogP contribution in [-0.4, -0.2) is 83.2 Å². The molecule has 0 saturated carbocycles. The van der Waals surface area contributed by atoms with Crippen molar-refractivity contribution < 1.29 is 4.74 Å². The quantitative estimate of drug-likeness (QED) is 0.177. The van der Waals surface area contributed by atoms with Gasteiger partial charge in [-0.1, -0.05) is 35.9 Å². The molecule has 3 aromatic carbocycles. The zero-order valence-corrected chi connectivity index (χ0v) is 29.0. The summed E-state index contributed by atoms with van der Waals surface area (Å²) in [5, 5.41) is 4.57. The summed E-state index contributed by atoms with van der Waals surface area (Å²) in [4.78, 5) is 18.4. The van der Waals surface area contributed by atoms with Crippen molar-refractivity contribution in [1.82, 2.24) is 23.7 Å². The van der Waals surface area contributed by atoms with E-state index in [1.54, 1.807) is 19.1 Å². The zero-order chi connectivity index (χ0) is 31.6. The van der Waals surface area contributed by atoms with E-state index in [1.165, 1.54) is 55.2 Å². The molecular formula is C36H40BrN7OS. The molecule has 7 rings (SSSR count). The molecule has 0 spiro atoms. The minimum absolute atomic E-state index is 0.514. The van der Waals surface area contributed by atoms with Gasteiger partial charge in [-0.2, -0.15) is 0 Å². The number of aromatic nitrogens is 3. The van der Waals surface area contributed by atoms with Crippen molar-refractivity contribution in [2.45, 2.75) is 30.7 Å². The van der Waals surface area contributed by atoms with Crippen LogP contribution >= 0.6 is 27.9 Å². The van der Waals surface area contributed by atoms with Crippen molar-refractivity contribution in [1.29, 1.82) is 0 Å². The number of likely N-dealkylation sites (N-methyl/N-ethyl adjacent to an activating group) is 1. The number of piperazine rings is 1. The summed E-state index contributed by atoms with van der Waals surface area (Å²) >= 11 is 5.43. The van der Waals surface area contributed by atoms with Gasteiger partial charge in [-0.25, -0.2) is 9.97 Å². The van der Waals surface area contributed by atoms with Crippen LogP contribution in [0.2, 0.25) is 0 Å². The number of nitrogens with one attached hydrogen (secondary N) is 1. The van der Waals surface area contributed by atoms with Crippen LogP contribution in [-0.2, 0) is 0 Å². The molecule has 10 heteroatoms. The maximum Gasteiger partial charge on any atom is 0.227 e. The van der Waals surface area contributed by atoms with E-state index in [1.807, 2.05) is 6.20 Å². The maximum absolute atomic E-state index is 5.87. The first kappa shape index (κ1) is 31.1. The Balaban J connectivity index is 1.09. The first-order chi connectivity index (χ1) is 22.4. The number of hydrogen-bond acceptors (Lipinski definition) is 8. The second-order valence-corrected chi connectivity index (χ2v) is 14.1. The Hall–Kier alpha value is -3.57. The molecule has 0 bridgehead atoms. The van der Waals surface area contributed by atoms with Crippen LogP contribution in [0.15, 0.2) is 88.5 Å². The average Bonchev–Trinajstić information content (AvgIpc) is 3.45. The van der Waals surface area contributed by atoms with Crippen LogP contribution in [0.5, 0.6) is 5.75 Å². The summed E-state index contributed by atoms with van der Waals surface area (Å²) < 4.78 is 8.92. The highest BCUT2D eigenvalue weighted by molar-refractivity contribution is 9.10. The van der Waals surface area contributed by atoms with Crippen molar-refractivity contribution in [3.63, 3.8) is 0 Å². The predicted molar refractivity (Wildman–Crippen MR) is 194 cm³/mol. The molecule has 0 amide bonds. The van der Waals surface area contributed by atoms with E-state index in [4.69, 9.17) is 9.72 Å². The second-order valence-electron chi connectivity index (χ2n) is 12.2. The van der Waals surface area contributed by atoms with Crippen LogP contribution in [0, 0.1) is 6.92 Å². The fourth-order valence-electron chi connectivity index (χ4n) is 6.52. The van der Waals surface area contributed by atoms with Gasteiger partial charge in [-0.15, -0.1) is 0 Å². The Labute approximate surface area is 284 Å². The molecule has 0 unspecified atom stereocenters. The van der Waals surface area contributed by atoms with Gasteiger partial charge in [0.15, 0.2) is 0 Å². The molecule has 2 aliphatic heterocycles. The number of rotatable bonds is 8. The highest BCUT2D eigenvalue weighted by Crippen LogP contribution is 2.38. The molecule has 2 fully saturated rings. The van der Waals surface area contributed by atoms with Crippen molar-refractivity contribution in [2.75, 3.05) is 63.6 Å². The predicted octanol–water partition coefficient (Wildman–Crippen LogP) is 7.69. The number of ether oxygens (including phenoxy) is 1. The monoisotopic (exact) mass is 697 g/mol. The number of piperidine rings is 1. The van der Waals surface area contributed by atoms with Gasteiger partial charge < -0.3 is 19.9 Å². The van der Waals surface area contributed by atoms with E-state index in [0.717, 1.165) is 51.2 Å². The molecule has 8 nitrogen and oxygen atoms in total. The van der Waals surface area contributed by atoms with Gasteiger partial charge in [-0.05, 0) is 85.0 Å². The van der Waals surface area contributed by atoms with Gasteiger partial charge >= 0.3 is 0 Å². The van der Waals surface area contributed by atoms with E-state index in [-0.39, 0.29) is 0 Å². The van der Waals surface area contributed by atoms with Crippen LogP contribution in [0.3, 0.4) is 0 Å². The standard InChI is InChI=1S/C36H40BrN7OS/c1-25-8-11-28(12-9-25)46-44-24-30(29-6-4-5-7-33(29)44)35-31(37)23-38-36(40-35)39-32-13-10-27(22-34(32)45-3)42-16-14-26(15-17-42)43-20-18-41(2)19-21-43/h4-13,22-24,26H,14-21H2,1-3H3,(H,38,39,40). The second kappa shape index (κ2) is 13.7. The fraction of sp³-hybridized carbons (Fsp3) is 0.333. The number of para-hydroxylation sites is 1. The van der Waals surface area contributed by atoms with E-state index >= 15 is 0 Å². The van der Waals surface area contributed by atoms with Crippen LogP contribution in [0.1, 0.15) is 18.4 Å². The molecule has 46 heavy (non-hydrogen) atoms. The molecule has 2 aliphatic rings. The lowest BCUT2D eigenvalue weighted by molar-refractivity contribution is 0.0982. The lowest BCUT2D eigenvalue weighted by Gasteiger charge is -2.42. The SMILES string of the molecule is COc1cc(N2CCC(N3CCN(C)CC3)CC2)ccc1Nc1ncc(Br)c(-c2cn(Sc3ccc(C)cc3)c3ccccc23)n1. The Morgan fingerprint density at radius 2 is 1.70 bits per heavy atom. The van der Waals surface area contributed by atoms with Gasteiger partial charge in [0.25, 0.3) is 0 Å². The third-order valence-corrected chi connectivity index (χ3v) is 10.8. The van der Waals surface area contributed by atoms with Gasteiger partial charge in [0.2, 0.25) is 5.95 Å². The highest BCUT2D eigenvalue weighted by atomic mass is 79.9. The Kier molecular flexibility index (Phi) is 9.22. The van der Waals surface area contributed by atoms with Crippen molar-refractivity contribution >= 4 is 56.1 Å². The average molecular weight is 699 g/mol. The summed E-state index contributed by atoms with van der Waals surface area (Å²) in [6.45, 7) is 8.94. The summed E-state index contributed by atoms with van der Waals surface area (Å²) in [5.74, 6) is 1.29. The number of fused-ring (bicyclic) bond motifs is 1. The van der Waals surface area contributed by atoms with Gasteiger partial charge in [-0.3, -0.25) is 8.87 Å². The molecule has 2 saturated heterocycles. The fourth-order valence-corrected chi connectivity index (χ4v) is 7.82. The topological polar surface area (TPSA) is 61.7 Å². The number of benzene rings is 3. The largest absolute Gasteiger partial charge is 0.494 e. The summed E-state index contributed by atoms with van der Waals surface area (Å²) in [7, 11) is 3.94. The highest BCUT2D eigenvalue weighted by Gasteiger charge is 2.27. The van der Waals surface area contributed by atoms with Gasteiger partial charge in [0, 0.05) is 85.3 Å². The van der Waals surface area contributed by atoms with E-state index in [9.17, 15) is 0 Å². The lowest BCUT2D eigenvalue weighted by Crippen LogP contribution is -2.52. The molecule has 1 N–H and O–H groups in total. The van der Waals surface area contributed by atoms with Crippen LogP contribution in [0.25, 0.3) is 22.2 Å². The molecule has 0 atom stereocenters. The molecular weight excluding hydrogens is 658 g/mol. The van der Waals surface area contributed by atoms with Crippen LogP contribution in [0.4, 0.5) is 17.3 Å². The first-order valence-corrected chi connectivity index (χ1v) is 17.5. The Bertz CT molecular complexity index is 1810. The third-order valence-electron chi connectivity index (χ3n) is 9.22. The van der Waals surface area contributed by atoms with E-state index in [2.05, 4.69) is 132 Å². The number of hydrogen-bond donors (Lipinski definition) is 1. The lowest BCUT2D eigenvalue weighted by atomic mass is 10.0. The molecule has 0 aliphatic carbocycles. The smallest absolute Gasteiger partial charge is 0.227 e. The molecule has 0 radical (unpaired) electrons. The van der Waals surface area contributed by atoms with Crippen molar-refractivity contribution in [2.24, 2.45) is 0 Å². The zero-order valence-electron chi connectivity index (χ0n) is 26.6. The number of halogens is 1. The number of nitrogens with zero attached hydrogens (tertiary/aromatic N) is 6.